The largest absolute Gasteiger partial charge is 0.458 e. The van der Waals surface area contributed by atoms with Crippen LogP contribution in [0.25, 0.3) is 0 Å². The van der Waals surface area contributed by atoms with Crippen LogP contribution in [0.1, 0.15) is 54.4 Å². The molecule has 0 N–H and O–H groups in total. The Hall–Kier alpha value is -1.64. The summed E-state index contributed by atoms with van der Waals surface area (Å²) in [7, 11) is 0. The summed E-state index contributed by atoms with van der Waals surface area (Å²) in [5.74, 6) is 1.30. The van der Waals surface area contributed by atoms with Gasteiger partial charge in [-0.3, -0.25) is 9.59 Å². The predicted molar refractivity (Wildman–Crippen MR) is 85.0 cm³/mol. The molecule has 5 aliphatic carbocycles. The molecule has 6 rings (SSSR count). The zero-order valence-corrected chi connectivity index (χ0v) is 13.3. The lowest BCUT2D eigenvalue weighted by molar-refractivity contribution is -0.189. The van der Waals surface area contributed by atoms with E-state index in [1.54, 1.807) is 0 Å². The Morgan fingerprint density at radius 3 is 2.22 bits per heavy atom. The van der Waals surface area contributed by atoms with E-state index in [1.165, 1.54) is 19.3 Å². The molecule has 3 nitrogen and oxygen atoms in total. The maximum atomic E-state index is 12.8. The minimum Gasteiger partial charge on any atom is -0.458 e. The minimum atomic E-state index is -0.611. The highest BCUT2D eigenvalue weighted by Gasteiger charge is 2.54. The first-order valence-corrected chi connectivity index (χ1v) is 8.97. The van der Waals surface area contributed by atoms with Crippen molar-refractivity contribution in [2.75, 3.05) is 0 Å². The van der Waals surface area contributed by atoms with Gasteiger partial charge in [0.25, 0.3) is 0 Å². The number of ketones is 1. The van der Waals surface area contributed by atoms with E-state index in [9.17, 15) is 9.59 Å². The van der Waals surface area contributed by atoms with Crippen LogP contribution in [0.3, 0.4) is 0 Å². The zero-order chi connectivity index (χ0) is 15.6. The maximum absolute atomic E-state index is 12.8. The number of hydrogen-bond donors (Lipinski definition) is 0. The van der Waals surface area contributed by atoms with Crippen molar-refractivity contribution in [3.05, 3.63) is 35.4 Å². The van der Waals surface area contributed by atoms with Crippen molar-refractivity contribution < 1.29 is 14.3 Å². The molecule has 0 radical (unpaired) electrons. The lowest BCUT2D eigenvalue weighted by Crippen LogP contribution is -2.53. The lowest BCUT2D eigenvalue weighted by atomic mass is 9.54. The van der Waals surface area contributed by atoms with Gasteiger partial charge in [-0.1, -0.05) is 24.3 Å². The normalized spacial score (nSPS) is 40.3. The van der Waals surface area contributed by atoms with Gasteiger partial charge in [-0.25, -0.2) is 0 Å². The molecule has 4 bridgehead atoms. The Kier molecular flexibility index (Phi) is 2.80. The van der Waals surface area contributed by atoms with E-state index in [0.29, 0.717) is 12.0 Å². The topological polar surface area (TPSA) is 43.4 Å². The Morgan fingerprint density at radius 1 is 1.00 bits per heavy atom. The van der Waals surface area contributed by atoms with Crippen LogP contribution < -0.4 is 0 Å². The van der Waals surface area contributed by atoms with Crippen LogP contribution in [0.5, 0.6) is 0 Å². The average Bonchev–Trinajstić information content (AvgIpc) is 2.83. The van der Waals surface area contributed by atoms with Gasteiger partial charge in [-0.2, -0.15) is 0 Å². The van der Waals surface area contributed by atoms with Crippen molar-refractivity contribution in [2.45, 2.75) is 50.5 Å². The first kappa shape index (κ1) is 13.8. The van der Waals surface area contributed by atoms with Gasteiger partial charge in [0.1, 0.15) is 11.5 Å². The van der Waals surface area contributed by atoms with Gasteiger partial charge in [0, 0.05) is 5.56 Å². The number of carbonyl (C=O) groups is 2. The third-order valence-electron chi connectivity index (χ3n) is 6.61. The highest BCUT2D eigenvalue weighted by molar-refractivity contribution is 6.12. The second kappa shape index (κ2) is 4.68. The molecule has 23 heavy (non-hydrogen) atoms. The van der Waals surface area contributed by atoms with Crippen LogP contribution in [-0.2, 0) is 16.0 Å². The van der Waals surface area contributed by atoms with Crippen LogP contribution in [0, 0.1) is 23.7 Å². The summed E-state index contributed by atoms with van der Waals surface area (Å²) >= 11 is 0. The van der Waals surface area contributed by atoms with Crippen molar-refractivity contribution in [3.8, 4) is 0 Å². The van der Waals surface area contributed by atoms with Crippen molar-refractivity contribution in [3.63, 3.8) is 0 Å². The standard InChI is InChI=1S/C20H22O3/c21-18-16-4-2-1-3-15(16)8-17(18)19(22)23-20-9-12-5-13(10-20)7-14(6-12)11-20/h1-4,12-14,17H,5-11H2/t12?,13?,14?,17-,20?/m0/s1. The Balaban J connectivity index is 1.36. The molecule has 120 valence electrons. The predicted octanol–water partition coefficient (Wildman–Crippen LogP) is 3.55. The molecule has 0 aliphatic heterocycles. The van der Waals surface area contributed by atoms with Crippen LogP contribution >= 0.6 is 0 Å². The fourth-order valence-electron chi connectivity index (χ4n) is 6.07. The maximum Gasteiger partial charge on any atom is 0.317 e. The average molecular weight is 310 g/mol. The SMILES string of the molecule is O=C(OC12CC3CC(CC(C3)C1)C2)[C@H]1Cc2ccccc2C1=O. The van der Waals surface area contributed by atoms with E-state index in [-0.39, 0.29) is 17.4 Å². The number of rotatable bonds is 2. The van der Waals surface area contributed by atoms with Gasteiger partial charge >= 0.3 is 5.97 Å². The zero-order valence-electron chi connectivity index (χ0n) is 13.3. The monoisotopic (exact) mass is 310 g/mol. The number of carbonyl (C=O) groups excluding carboxylic acids is 2. The number of Topliss-reactive ketones (excluding diaryl/α,β-unsaturated/α-hetero) is 1. The van der Waals surface area contributed by atoms with Crippen LogP contribution in [0.15, 0.2) is 24.3 Å². The number of benzene rings is 1. The third-order valence-corrected chi connectivity index (χ3v) is 6.61. The van der Waals surface area contributed by atoms with Gasteiger partial charge in [-0.15, -0.1) is 0 Å². The Morgan fingerprint density at radius 2 is 1.61 bits per heavy atom. The highest BCUT2D eigenvalue weighted by Crippen LogP contribution is 2.57. The molecule has 1 aromatic rings. The summed E-state index contributed by atoms with van der Waals surface area (Å²) in [6.07, 6.45) is 7.57. The number of esters is 1. The molecule has 0 saturated heterocycles. The number of fused-ring (bicyclic) bond motifs is 1. The molecule has 3 heteroatoms. The molecule has 0 aromatic heterocycles. The summed E-state index contributed by atoms with van der Waals surface area (Å²) < 4.78 is 6.08. The quantitative estimate of drug-likeness (QED) is 0.620. The lowest BCUT2D eigenvalue weighted by Gasteiger charge is -2.55. The fraction of sp³-hybridized carbons (Fsp3) is 0.600. The number of hydrogen-bond acceptors (Lipinski definition) is 3. The molecule has 5 aliphatic rings. The van der Waals surface area contributed by atoms with Crippen LogP contribution in [0.2, 0.25) is 0 Å². The molecule has 0 heterocycles. The van der Waals surface area contributed by atoms with E-state index < -0.39 is 5.92 Å². The highest BCUT2D eigenvalue weighted by atomic mass is 16.6. The Labute approximate surface area is 136 Å². The number of ether oxygens (including phenoxy) is 1. The summed E-state index contributed by atoms with van der Waals surface area (Å²) in [6.45, 7) is 0. The molecular formula is C20H22O3. The molecular weight excluding hydrogens is 288 g/mol. The van der Waals surface area contributed by atoms with E-state index in [4.69, 9.17) is 4.74 Å². The van der Waals surface area contributed by atoms with Crippen molar-refractivity contribution >= 4 is 11.8 Å². The van der Waals surface area contributed by atoms with Gasteiger partial charge in [-0.05, 0) is 68.3 Å². The van der Waals surface area contributed by atoms with Crippen molar-refractivity contribution in [1.82, 2.24) is 0 Å². The fourth-order valence-corrected chi connectivity index (χ4v) is 6.07. The van der Waals surface area contributed by atoms with Gasteiger partial charge in [0.2, 0.25) is 0 Å². The van der Waals surface area contributed by atoms with E-state index in [0.717, 1.165) is 42.6 Å². The molecule has 0 spiro atoms. The smallest absolute Gasteiger partial charge is 0.317 e. The Bertz CT molecular complexity index is 655. The van der Waals surface area contributed by atoms with Gasteiger partial charge < -0.3 is 4.74 Å². The second-order valence-corrected chi connectivity index (χ2v) is 8.30. The molecule has 4 saturated carbocycles. The molecule has 0 unspecified atom stereocenters. The summed E-state index contributed by atoms with van der Waals surface area (Å²) in [6, 6.07) is 7.57. The summed E-state index contributed by atoms with van der Waals surface area (Å²) in [5.41, 5.74) is 1.45. The molecule has 1 atom stereocenters. The summed E-state index contributed by atoms with van der Waals surface area (Å²) in [4.78, 5) is 25.3. The van der Waals surface area contributed by atoms with Crippen LogP contribution in [-0.4, -0.2) is 17.4 Å². The van der Waals surface area contributed by atoms with Crippen molar-refractivity contribution in [1.29, 1.82) is 0 Å². The van der Waals surface area contributed by atoms with Crippen LogP contribution in [0.4, 0.5) is 0 Å². The van der Waals surface area contributed by atoms with Gasteiger partial charge in [0.05, 0.1) is 0 Å². The van der Waals surface area contributed by atoms with E-state index >= 15 is 0 Å². The first-order valence-electron chi connectivity index (χ1n) is 8.97. The summed E-state index contributed by atoms with van der Waals surface area (Å²) in [5, 5.41) is 0. The van der Waals surface area contributed by atoms with E-state index in [2.05, 4.69) is 0 Å². The van der Waals surface area contributed by atoms with Crippen molar-refractivity contribution in [2.24, 2.45) is 23.7 Å². The second-order valence-electron chi connectivity index (χ2n) is 8.30. The third kappa shape index (κ3) is 2.09. The van der Waals surface area contributed by atoms with Gasteiger partial charge in [0.15, 0.2) is 5.78 Å². The van der Waals surface area contributed by atoms with E-state index in [1.807, 2.05) is 24.3 Å². The first-order chi connectivity index (χ1) is 11.1. The molecule has 0 amide bonds. The molecule has 4 fully saturated rings. The minimum absolute atomic E-state index is 0.0460. The molecule has 1 aromatic carbocycles.